The Labute approximate surface area is 185 Å². The maximum Gasteiger partial charge on any atom is 1.00 e. The van der Waals surface area contributed by atoms with Gasteiger partial charge in [-0.15, -0.1) is 0 Å². The van der Waals surface area contributed by atoms with Crippen molar-refractivity contribution in [2.45, 2.75) is 5.79 Å². The molecule has 0 radical (unpaired) electrons. The molecule has 1 aliphatic carbocycles. The van der Waals surface area contributed by atoms with Crippen LogP contribution in [0.15, 0.2) is 48.5 Å². The molecule has 0 saturated carbocycles. The molecule has 0 bridgehead atoms. The quantitative estimate of drug-likeness (QED) is 0.356. The molecule has 2 aromatic carbocycles. The van der Waals surface area contributed by atoms with Crippen molar-refractivity contribution in [2.75, 3.05) is 0 Å². The van der Waals surface area contributed by atoms with Crippen LogP contribution >= 0.6 is 0 Å². The minimum absolute atomic E-state index is 0. The average molecular weight is 274 g/mol. The van der Waals surface area contributed by atoms with Crippen LogP contribution in [0.25, 0.3) is 11.1 Å². The van der Waals surface area contributed by atoms with Crippen LogP contribution in [0.3, 0.4) is 0 Å². The molecule has 0 saturated heterocycles. The number of hydrogen-bond donors (Lipinski definition) is 0. The third-order valence-electron chi connectivity index (χ3n) is 2.85. The third-order valence-corrected chi connectivity index (χ3v) is 2.85. The van der Waals surface area contributed by atoms with E-state index in [2.05, 4.69) is 0 Å². The van der Waals surface area contributed by atoms with Gasteiger partial charge in [0, 0.05) is 0 Å². The summed E-state index contributed by atoms with van der Waals surface area (Å²) in [7, 11) is 0. The fourth-order valence-electron chi connectivity index (χ4n) is 2.16. The molecular weight excluding hydrogens is 266 g/mol. The number of hydrogen-bond acceptors (Lipinski definition) is 2. The predicted molar refractivity (Wildman–Crippen MR) is 52.7 cm³/mol. The van der Waals surface area contributed by atoms with Gasteiger partial charge in [-0.25, -0.2) is 0 Å². The summed E-state index contributed by atoms with van der Waals surface area (Å²) in [6.45, 7) is 0. The molecule has 17 heavy (non-hydrogen) atoms. The summed E-state index contributed by atoms with van der Waals surface area (Å²) in [4.78, 5) is 0. The summed E-state index contributed by atoms with van der Waals surface area (Å²) in [5, 5.41) is 24.0. The standard InChI is InChI=1S/C13H8O2.2K/c14-13(15)11-7-3-1-5-9(11)10-6-2-4-8-12(10)13;;/h1-8H;;/q-2;2*+1. The van der Waals surface area contributed by atoms with E-state index in [1.54, 1.807) is 24.3 Å². The second kappa shape index (κ2) is 6.39. The van der Waals surface area contributed by atoms with E-state index in [1.165, 1.54) is 0 Å². The minimum atomic E-state index is -2.34. The van der Waals surface area contributed by atoms with E-state index in [-0.39, 0.29) is 103 Å². The zero-order valence-corrected chi connectivity index (χ0v) is 16.2. The Morgan fingerprint density at radius 1 is 0.647 bits per heavy atom. The maximum atomic E-state index is 12.0. The number of rotatable bonds is 0. The number of benzene rings is 2. The Morgan fingerprint density at radius 2 is 1.00 bits per heavy atom. The van der Waals surface area contributed by atoms with Gasteiger partial charge in [0.25, 0.3) is 0 Å². The molecule has 0 aromatic heterocycles. The zero-order chi connectivity index (χ0) is 10.5. The van der Waals surface area contributed by atoms with Crippen LogP contribution < -0.4 is 113 Å². The largest absolute Gasteiger partial charge is 1.00 e. The second-order valence-corrected chi connectivity index (χ2v) is 3.71. The van der Waals surface area contributed by atoms with Crippen molar-refractivity contribution in [3.63, 3.8) is 0 Å². The predicted octanol–water partition coefficient (Wildman–Crippen LogP) is -5.40. The summed E-state index contributed by atoms with van der Waals surface area (Å²) in [6.07, 6.45) is 0. The first kappa shape index (κ1) is 16.7. The van der Waals surface area contributed by atoms with E-state index in [0.29, 0.717) is 11.1 Å². The van der Waals surface area contributed by atoms with Gasteiger partial charge >= 0.3 is 103 Å². The molecule has 0 unspecified atom stereocenters. The fourth-order valence-corrected chi connectivity index (χ4v) is 2.16. The monoisotopic (exact) mass is 274 g/mol. The van der Waals surface area contributed by atoms with E-state index in [0.717, 1.165) is 11.1 Å². The van der Waals surface area contributed by atoms with E-state index in [4.69, 9.17) is 0 Å². The third kappa shape index (κ3) is 2.74. The van der Waals surface area contributed by atoms with Gasteiger partial charge in [0.2, 0.25) is 0 Å². The normalized spacial score (nSPS) is 14.0. The van der Waals surface area contributed by atoms with Gasteiger partial charge in [0.05, 0.1) is 0 Å². The second-order valence-electron chi connectivity index (χ2n) is 3.71. The van der Waals surface area contributed by atoms with E-state index < -0.39 is 5.79 Å². The Balaban J connectivity index is 0.000000722. The van der Waals surface area contributed by atoms with Crippen molar-refractivity contribution in [1.29, 1.82) is 0 Å². The van der Waals surface area contributed by atoms with Crippen molar-refractivity contribution in [3.05, 3.63) is 59.7 Å². The van der Waals surface area contributed by atoms with E-state index in [9.17, 15) is 10.2 Å². The molecule has 2 aromatic rings. The smallest absolute Gasteiger partial charge is 0.856 e. The van der Waals surface area contributed by atoms with Crippen molar-refractivity contribution in [2.24, 2.45) is 0 Å². The Morgan fingerprint density at radius 3 is 1.41 bits per heavy atom. The van der Waals surface area contributed by atoms with Gasteiger partial charge in [0.15, 0.2) is 0 Å². The molecule has 1 aliphatic rings. The van der Waals surface area contributed by atoms with Crippen molar-refractivity contribution >= 4 is 0 Å². The summed E-state index contributed by atoms with van der Waals surface area (Å²) >= 11 is 0. The van der Waals surface area contributed by atoms with Crippen LogP contribution in [-0.2, 0) is 5.79 Å². The molecular formula is C13H8K2O2. The first-order valence-electron chi connectivity index (χ1n) is 4.81. The van der Waals surface area contributed by atoms with Crippen molar-refractivity contribution < 1.29 is 113 Å². The van der Waals surface area contributed by atoms with Crippen molar-refractivity contribution in [3.8, 4) is 11.1 Å². The molecule has 0 N–H and O–H groups in total. The van der Waals surface area contributed by atoms with Gasteiger partial charge in [-0.1, -0.05) is 59.7 Å². The molecule has 2 nitrogen and oxygen atoms in total. The molecule has 0 spiro atoms. The van der Waals surface area contributed by atoms with Crippen LogP contribution in [-0.4, -0.2) is 0 Å². The summed E-state index contributed by atoms with van der Waals surface area (Å²) < 4.78 is 0. The Kier molecular flexibility index (Phi) is 6.27. The van der Waals surface area contributed by atoms with E-state index >= 15 is 0 Å². The summed E-state index contributed by atoms with van der Waals surface area (Å²) in [5.74, 6) is -2.34. The van der Waals surface area contributed by atoms with E-state index in [1.807, 2.05) is 24.3 Å². The van der Waals surface area contributed by atoms with Gasteiger partial charge in [-0.2, -0.15) is 5.79 Å². The van der Waals surface area contributed by atoms with Crippen LogP contribution in [0.4, 0.5) is 0 Å². The Hall–Kier alpha value is 1.63. The molecule has 3 rings (SSSR count). The average Bonchev–Trinajstić information content (AvgIpc) is 2.51. The van der Waals surface area contributed by atoms with Crippen molar-refractivity contribution in [1.82, 2.24) is 0 Å². The maximum absolute atomic E-state index is 12.0. The number of fused-ring (bicyclic) bond motifs is 3. The van der Waals surface area contributed by atoms with Gasteiger partial charge < -0.3 is 10.2 Å². The summed E-state index contributed by atoms with van der Waals surface area (Å²) in [5.41, 5.74) is 2.23. The molecule has 0 atom stereocenters. The van der Waals surface area contributed by atoms with Crippen LogP contribution in [0, 0.1) is 0 Å². The molecule has 74 valence electrons. The Bertz CT molecular complexity index is 491. The minimum Gasteiger partial charge on any atom is -0.856 e. The van der Waals surface area contributed by atoms with Crippen LogP contribution in [0.5, 0.6) is 0 Å². The van der Waals surface area contributed by atoms with Crippen LogP contribution in [0.2, 0.25) is 0 Å². The SMILES string of the molecule is [K+].[K+].[O-]C1([O-])c2ccccc2-c2ccccc21. The van der Waals surface area contributed by atoms with Crippen LogP contribution in [0.1, 0.15) is 11.1 Å². The summed E-state index contributed by atoms with van der Waals surface area (Å²) in [6, 6.07) is 14.0. The zero-order valence-electron chi connectivity index (χ0n) is 9.94. The first-order valence-corrected chi connectivity index (χ1v) is 4.81. The van der Waals surface area contributed by atoms with Gasteiger partial charge in [-0.3, -0.25) is 0 Å². The molecule has 4 heteroatoms. The topological polar surface area (TPSA) is 46.1 Å². The molecule has 0 heterocycles. The molecule has 0 amide bonds. The van der Waals surface area contributed by atoms with Gasteiger partial charge in [0.1, 0.15) is 0 Å². The first-order chi connectivity index (χ1) is 7.21. The molecule has 0 fully saturated rings. The molecule has 0 aliphatic heterocycles. The van der Waals surface area contributed by atoms with Gasteiger partial charge in [-0.05, 0) is 11.1 Å². The fraction of sp³-hybridized carbons (Fsp3) is 0.0769.